The molecular weight excluding hydrogens is 418 g/mol. The summed E-state index contributed by atoms with van der Waals surface area (Å²) in [5.41, 5.74) is 3.07. The minimum Gasteiger partial charge on any atom is -0.488 e. The van der Waals surface area contributed by atoms with E-state index in [9.17, 15) is 10.1 Å². The van der Waals surface area contributed by atoms with Gasteiger partial charge < -0.3 is 4.74 Å². The maximum absolute atomic E-state index is 12.7. The van der Waals surface area contributed by atoms with Crippen molar-refractivity contribution >= 4 is 27.9 Å². The predicted octanol–water partition coefficient (Wildman–Crippen LogP) is 5.09. The number of rotatable bonds is 5. The number of nitrogens with zero attached hydrogens (tertiary/aromatic N) is 3. The Balaban J connectivity index is 1.86. The van der Waals surface area contributed by atoms with E-state index in [4.69, 9.17) is 4.74 Å². The lowest BCUT2D eigenvalue weighted by atomic mass is 10.1. The van der Waals surface area contributed by atoms with E-state index in [0.29, 0.717) is 23.6 Å². The van der Waals surface area contributed by atoms with E-state index in [2.05, 4.69) is 21.0 Å². The summed E-state index contributed by atoms with van der Waals surface area (Å²) < 4.78 is 8.17. The molecule has 3 rings (SSSR count). The van der Waals surface area contributed by atoms with E-state index in [1.54, 1.807) is 19.9 Å². The number of allylic oxidation sites excluding steroid dienone is 1. The van der Waals surface area contributed by atoms with Crippen molar-refractivity contribution in [2.24, 2.45) is 0 Å². The first-order valence-electron chi connectivity index (χ1n) is 8.64. The number of hydrogen-bond donors (Lipinski definition) is 0. The molecule has 0 saturated heterocycles. The molecule has 0 unspecified atom stereocenters. The largest absolute Gasteiger partial charge is 0.488 e. The molecule has 2 aromatic carbocycles. The fraction of sp³-hybridized carbons (Fsp3) is 0.136. The topological polar surface area (TPSA) is 67.9 Å². The average molecular weight is 436 g/mol. The normalized spacial score (nSPS) is 11.1. The number of ether oxygens (including phenoxy) is 1. The van der Waals surface area contributed by atoms with Gasteiger partial charge in [-0.15, -0.1) is 0 Å². The molecule has 0 spiro atoms. The molecule has 5 nitrogen and oxygen atoms in total. The molecule has 0 atom stereocenters. The van der Waals surface area contributed by atoms with Crippen molar-refractivity contribution in [3.05, 3.63) is 87.2 Å². The first kappa shape index (κ1) is 19.6. The first-order valence-corrected chi connectivity index (χ1v) is 9.43. The molecule has 0 aliphatic rings. The van der Waals surface area contributed by atoms with Gasteiger partial charge in [-0.3, -0.25) is 4.79 Å². The van der Waals surface area contributed by atoms with Crippen LogP contribution in [0.3, 0.4) is 0 Å². The van der Waals surface area contributed by atoms with Gasteiger partial charge in [0.2, 0.25) is 0 Å². The van der Waals surface area contributed by atoms with E-state index in [1.807, 2.05) is 54.6 Å². The molecule has 3 aromatic rings. The first-order chi connectivity index (χ1) is 13.5. The van der Waals surface area contributed by atoms with Crippen LogP contribution in [0.2, 0.25) is 0 Å². The summed E-state index contributed by atoms with van der Waals surface area (Å²) in [4.78, 5) is 12.7. The van der Waals surface area contributed by atoms with Crippen LogP contribution >= 0.6 is 15.9 Å². The molecule has 0 N–H and O–H groups in total. The number of aryl methyl sites for hydroxylation is 2. The lowest BCUT2D eigenvalue weighted by Crippen LogP contribution is -2.15. The summed E-state index contributed by atoms with van der Waals surface area (Å²) in [5, 5.41) is 13.7. The van der Waals surface area contributed by atoms with Crippen LogP contribution in [0, 0.1) is 25.2 Å². The fourth-order valence-electron chi connectivity index (χ4n) is 2.72. The van der Waals surface area contributed by atoms with Crippen LogP contribution in [0.25, 0.3) is 6.08 Å². The third kappa shape index (κ3) is 4.56. The molecular formula is C22H18BrN3O2. The number of carbonyl (C=O) groups excluding carboxylic acids is 1. The molecule has 1 heterocycles. The molecule has 140 valence electrons. The number of para-hydroxylation sites is 1. The smallest absolute Gasteiger partial charge is 0.289 e. The van der Waals surface area contributed by atoms with E-state index < -0.39 is 5.91 Å². The minimum atomic E-state index is -0.462. The zero-order chi connectivity index (χ0) is 20.1. The fourth-order valence-corrected chi connectivity index (χ4v) is 2.98. The molecule has 0 aliphatic carbocycles. The lowest BCUT2D eigenvalue weighted by molar-refractivity contribution is 0.0943. The Bertz CT molecular complexity index is 1080. The summed E-state index contributed by atoms with van der Waals surface area (Å²) in [6, 6.07) is 18.9. The van der Waals surface area contributed by atoms with E-state index in [1.165, 1.54) is 10.8 Å². The molecule has 0 bridgehead atoms. The minimum absolute atomic E-state index is 0.00843. The summed E-state index contributed by atoms with van der Waals surface area (Å²) in [6.07, 6.45) is 1.54. The number of benzene rings is 2. The van der Waals surface area contributed by atoms with Crippen molar-refractivity contribution < 1.29 is 9.53 Å². The van der Waals surface area contributed by atoms with E-state index in [-0.39, 0.29) is 5.57 Å². The zero-order valence-corrected chi connectivity index (χ0v) is 17.1. The van der Waals surface area contributed by atoms with Gasteiger partial charge in [-0.2, -0.15) is 10.4 Å². The Labute approximate surface area is 172 Å². The third-order valence-corrected chi connectivity index (χ3v) is 4.61. The lowest BCUT2D eigenvalue weighted by Gasteiger charge is -2.10. The Morgan fingerprint density at radius 2 is 1.93 bits per heavy atom. The van der Waals surface area contributed by atoms with Crippen molar-refractivity contribution in [1.29, 1.82) is 5.26 Å². The van der Waals surface area contributed by atoms with Crippen LogP contribution in [0.5, 0.6) is 5.75 Å². The molecule has 0 fully saturated rings. The van der Waals surface area contributed by atoms with Crippen molar-refractivity contribution in [3.8, 4) is 11.8 Å². The second kappa shape index (κ2) is 8.68. The van der Waals surface area contributed by atoms with E-state index >= 15 is 0 Å². The van der Waals surface area contributed by atoms with Crippen molar-refractivity contribution in [1.82, 2.24) is 9.78 Å². The third-order valence-electron chi connectivity index (χ3n) is 4.08. The number of aromatic nitrogens is 2. The molecule has 0 saturated carbocycles. The van der Waals surface area contributed by atoms with Crippen LogP contribution in [0.15, 0.2) is 64.6 Å². The van der Waals surface area contributed by atoms with Crippen molar-refractivity contribution in [3.63, 3.8) is 0 Å². The van der Waals surface area contributed by atoms with Crippen LogP contribution in [-0.2, 0) is 6.61 Å². The molecule has 0 aliphatic heterocycles. The van der Waals surface area contributed by atoms with Gasteiger partial charge in [0.15, 0.2) is 0 Å². The number of hydrogen-bond acceptors (Lipinski definition) is 4. The highest BCUT2D eigenvalue weighted by molar-refractivity contribution is 9.10. The maximum Gasteiger partial charge on any atom is 0.289 e. The van der Waals surface area contributed by atoms with Gasteiger partial charge in [0.25, 0.3) is 5.91 Å². The van der Waals surface area contributed by atoms with Crippen molar-refractivity contribution in [2.75, 3.05) is 0 Å². The van der Waals surface area contributed by atoms with Gasteiger partial charge >= 0.3 is 0 Å². The van der Waals surface area contributed by atoms with Crippen LogP contribution in [0.1, 0.15) is 27.3 Å². The monoisotopic (exact) mass is 435 g/mol. The van der Waals surface area contributed by atoms with Crippen LogP contribution in [-0.4, -0.2) is 15.7 Å². The Morgan fingerprint density at radius 1 is 1.21 bits per heavy atom. The molecule has 1 aromatic heterocycles. The maximum atomic E-state index is 12.7. The highest BCUT2D eigenvalue weighted by Crippen LogP contribution is 2.23. The van der Waals surface area contributed by atoms with Gasteiger partial charge in [-0.25, -0.2) is 4.68 Å². The molecule has 0 radical (unpaired) electrons. The van der Waals surface area contributed by atoms with Gasteiger partial charge in [0, 0.05) is 15.7 Å². The summed E-state index contributed by atoms with van der Waals surface area (Å²) >= 11 is 3.41. The summed E-state index contributed by atoms with van der Waals surface area (Å²) in [7, 11) is 0. The van der Waals surface area contributed by atoms with Crippen LogP contribution in [0.4, 0.5) is 0 Å². The van der Waals surface area contributed by atoms with Crippen molar-refractivity contribution in [2.45, 2.75) is 20.5 Å². The molecule has 28 heavy (non-hydrogen) atoms. The number of halogens is 1. The van der Waals surface area contributed by atoms with Gasteiger partial charge in [-0.05, 0) is 49.8 Å². The number of carbonyl (C=O) groups is 1. The summed E-state index contributed by atoms with van der Waals surface area (Å²) in [6.45, 7) is 3.96. The Hall–Kier alpha value is -3.17. The van der Waals surface area contributed by atoms with Gasteiger partial charge in [0.05, 0.1) is 5.69 Å². The SMILES string of the molecule is Cc1cc(C)n(C(=O)/C(C#N)=C/c2ccccc2OCc2ccc(Br)cc2)n1. The Morgan fingerprint density at radius 3 is 2.57 bits per heavy atom. The Kier molecular flexibility index (Phi) is 6.07. The highest BCUT2D eigenvalue weighted by atomic mass is 79.9. The van der Waals surface area contributed by atoms with E-state index in [0.717, 1.165) is 15.7 Å². The second-order valence-corrected chi connectivity index (χ2v) is 7.18. The molecule has 0 amide bonds. The summed E-state index contributed by atoms with van der Waals surface area (Å²) in [5.74, 6) is 0.134. The zero-order valence-electron chi connectivity index (χ0n) is 15.5. The standard InChI is InChI=1S/C22H18BrN3O2/c1-15-11-16(2)26(25-15)22(27)19(13-24)12-18-5-3-4-6-21(18)28-14-17-7-9-20(23)10-8-17/h3-12H,14H2,1-2H3/b19-12+. The van der Waals surface area contributed by atoms with Crippen LogP contribution < -0.4 is 4.74 Å². The highest BCUT2D eigenvalue weighted by Gasteiger charge is 2.16. The predicted molar refractivity (Wildman–Crippen MR) is 111 cm³/mol. The number of nitriles is 1. The average Bonchev–Trinajstić information content (AvgIpc) is 3.04. The second-order valence-electron chi connectivity index (χ2n) is 6.27. The quantitative estimate of drug-likeness (QED) is 0.413. The van der Waals surface area contributed by atoms with Gasteiger partial charge in [0.1, 0.15) is 24.0 Å². The van der Waals surface area contributed by atoms with Gasteiger partial charge in [-0.1, -0.05) is 46.3 Å². The molecule has 6 heteroatoms.